The molecule has 2 N–H and O–H groups in total. The summed E-state index contributed by atoms with van der Waals surface area (Å²) in [5.41, 5.74) is 3.17. The highest BCUT2D eigenvalue weighted by Crippen LogP contribution is 2.34. The van der Waals surface area contributed by atoms with Gasteiger partial charge in [-0.3, -0.25) is 9.79 Å². The van der Waals surface area contributed by atoms with E-state index in [1.165, 1.54) is 36.6 Å². The molecule has 0 unspecified atom stereocenters. The van der Waals surface area contributed by atoms with E-state index in [4.69, 9.17) is 4.42 Å². The Morgan fingerprint density at radius 2 is 2.06 bits per heavy atom. The van der Waals surface area contributed by atoms with E-state index in [-0.39, 0.29) is 5.12 Å². The number of hydrogen-bond acceptors (Lipinski definition) is 7. The maximum absolute atomic E-state index is 12.6. The first-order chi connectivity index (χ1) is 17.2. The van der Waals surface area contributed by atoms with Crippen molar-refractivity contribution in [2.24, 2.45) is 4.99 Å². The number of thioether (sulfide) groups is 1. The molecule has 1 fully saturated rings. The molecule has 0 bridgehead atoms. The normalized spacial score (nSPS) is 16.5. The summed E-state index contributed by atoms with van der Waals surface area (Å²) in [5, 5.41) is 7.15. The van der Waals surface area contributed by atoms with Crippen molar-refractivity contribution in [2.45, 2.75) is 50.4 Å². The van der Waals surface area contributed by atoms with Gasteiger partial charge in [0.25, 0.3) is 0 Å². The van der Waals surface area contributed by atoms with Gasteiger partial charge in [0.15, 0.2) is 0 Å². The van der Waals surface area contributed by atoms with Gasteiger partial charge in [-0.25, -0.2) is 0 Å². The van der Waals surface area contributed by atoms with Crippen molar-refractivity contribution >= 4 is 29.5 Å². The lowest BCUT2D eigenvalue weighted by Gasteiger charge is -2.29. The van der Waals surface area contributed by atoms with Crippen molar-refractivity contribution < 1.29 is 14.0 Å². The van der Waals surface area contributed by atoms with Crippen molar-refractivity contribution in [2.75, 3.05) is 26.7 Å². The molecule has 188 valence electrons. The number of benzene rings is 1. The van der Waals surface area contributed by atoms with Crippen LogP contribution in [0.5, 0.6) is 0 Å². The van der Waals surface area contributed by atoms with E-state index in [1.54, 1.807) is 12.6 Å². The molecule has 7 nitrogen and oxygen atoms in total. The number of nitrogens with zero attached hydrogens (tertiary/aromatic N) is 2. The van der Waals surface area contributed by atoms with Crippen molar-refractivity contribution in [1.82, 2.24) is 15.5 Å². The molecule has 1 aromatic heterocycles. The predicted molar refractivity (Wildman–Crippen MR) is 142 cm³/mol. The summed E-state index contributed by atoms with van der Waals surface area (Å²) in [6.45, 7) is 3.78. The number of aliphatic imine (C=N–C) groups is 1. The van der Waals surface area contributed by atoms with Crippen molar-refractivity contribution in [1.29, 1.82) is 0 Å². The Morgan fingerprint density at radius 1 is 1.23 bits per heavy atom. The van der Waals surface area contributed by atoms with Crippen LogP contribution < -0.4 is 10.6 Å². The van der Waals surface area contributed by atoms with Crippen molar-refractivity contribution in [3.8, 4) is 0 Å². The predicted octanol–water partition coefficient (Wildman–Crippen LogP) is 4.16. The van der Waals surface area contributed by atoms with Crippen LogP contribution in [0, 0.1) is 0 Å². The van der Waals surface area contributed by atoms with Gasteiger partial charge in [0, 0.05) is 55.5 Å². The summed E-state index contributed by atoms with van der Waals surface area (Å²) in [4.78, 5) is 29.0. The van der Waals surface area contributed by atoms with Crippen LogP contribution >= 0.6 is 11.8 Å². The monoisotopic (exact) mass is 496 g/mol. The zero-order valence-electron chi connectivity index (χ0n) is 20.4. The van der Waals surface area contributed by atoms with Gasteiger partial charge in [-0.2, -0.15) is 0 Å². The molecule has 0 spiro atoms. The first kappa shape index (κ1) is 26.9. The topological polar surface area (TPSA) is 86.9 Å². The highest BCUT2D eigenvalue weighted by molar-refractivity contribution is 8.14. The lowest BCUT2D eigenvalue weighted by molar-refractivity contribution is -0.108. The van der Waals surface area contributed by atoms with Crippen molar-refractivity contribution in [3.05, 3.63) is 71.3 Å². The van der Waals surface area contributed by atoms with Gasteiger partial charge >= 0.3 is 0 Å². The summed E-state index contributed by atoms with van der Waals surface area (Å²) in [6.07, 6.45) is 9.31. The van der Waals surface area contributed by atoms with Gasteiger partial charge in [-0.1, -0.05) is 48.5 Å². The first-order valence-corrected chi connectivity index (χ1v) is 13.1. The molecular formula is C27H36N4O3S. The lowest BCUT2D eigenvalue weighted by Crippen LogP contribution is -2.34. The van der Waals surface area contributed by atoms with Gasteiger partial charge < -0.3 is 24.7 Å². The second-order valence-electron chi connectivity index (χ2n) is 8.71. The molecule has 1 aromatic carbocycles. The van der Waals surface area contributed by atoms with E-state index in [0.717, 1.165) is 49.4 Å². The zero-order chi connectivity index (χ0) is 24.7. The molecule has 4 rings (SSSR count). The average molecular weight is 497 g/mol. The van der Waals surface area contributed by atoms with Gasteiger partial charge in [0.2, 0.25) is 5.12 Å². The number of furan rings is 1. The first-order valence-electron chi connectivity index (χ1n) is 12.2. The van der Waals surface area contributed by atoms with E-state index in [9.17, 15) is 9.59 Å². The minimum absolute atomic E-state index is 0.225. The minimum atomic E-state index is 0.225. The number of hydrogen-bond donors (Lipinski definition) is 2. The van der Waals surface area contributed by atoms with Gasteiger partial charge in [0.1, 0.15) is 12.0 Å². The van der Waals surface area contributed by atoms with E-state index in [1.807, 2.05) is 30.3 Å². The van der Waals surface area contributed by atoms with Crippen LogP contribution in [0.2, 0.25) is 0 Å². The van der Waals surface area contributed by atoms with E-state index in [2.05, 4.69) is 39.7 Å². The van der Waals surface area contributed by atoms with E-state index < -0.39 is 0 Å². The fourth-order valence-corrected chi connectivity index (χ4v) is 4.81. The van der Waals surface area contributed by atoms with Crippen LogP contribution in [0.15, 0.2) is 69.4 Å². The number of carbonyl (C=O) groups excluding carboxylic acids is 2. The second kappa shape index (κ2) is 15.3. The number of carbonyl (C=O) groups is 2. The van der Waals surface area contributed by atoms with E-state index >= 15 is 0 Å². The van der Waals surface area contributed by atoms with Gasteiger partial charge in [0.05, 0.1) is 19.1 Å². The third kappa shape index (κ3) is 9.84. The average Bonchev–Trinajstić information content (AvgIpc) is 3.37. The SMILES string of the molecule is CN1CCC(NC=NCc2ccco2)=C(C(=O)SC2CCC2)C1.O=CCCNCc1ccccc1. The van der Waals surface area contributed by atoms with Crippen LogP contribution in [0.1, 0.15) is 43.4 Å². The molecule has 0 radical (unpaired) electrons. The van der Waals surface area contributed by atoms with Crippen LogP contribution in [-0.2, 0) is 22.7 Å². The molecule has 0 saturated heterocycles. The quantitative estimate of drug-likeness (QED) is 0.209. The molecular weight excluding hydrogens is 460 g/mol. The summed E-state index contributed by atoms with van der Waals surface area (Å²) in [6, 6.07) is 13.9. The molecule has 8 heteroatoms. The molecule has 35 heavy (non-hydrogen) atoms. The minimum Gasteiger partial charge on any atom is -0.467 e. The Kier molecular flexibility index (Phi) is 11.8. The van der Waals surface area contributed by atoms with Crippen LogP contribution in [0.3, 0.4) is 0 Å². The largest absolute Gasteiger partial charge is 0.467 e. The Morgan fingerprint density at radius 3 is 2.74 bits per heavy atom. The Labute approximate surface area is 212 Å². The highest BCUT2D eigenvalue weighted by atomic mass is 32.2. The molecule has 1 saturated carbocycles. The van der Waals surface area contributed by atoms with Gasteiger partial charge in [-0.05, 0) is 37.6 Å². The van der Waals surface area contributed by atoms with Crippen LogP contribution in [0.25, 0.3) is 0 Å². The van der Waals surface area contributed by atoms with Crippen molar-refractivity contribution in [3.63, 3.8) is 0 Å². The fourth-order valence-electron chi connectivity index (χ4n) is 3.61. The lowest BCUT2D eigenvalue weighted by atomic mass is 10.00. The third-order valence-corrected chi connectivity index (χ3v) is 7.14. The summed E-state index contributed by atoms with van der Waals surface area (Å²) < 4.78 is 5.24. The molecule has 0 atom stereocenters. The Balaban J connectivity index is 0.000000241. The van der Waals surface area contributed by atoms with Gasteiger partial charge in [-0.15, -0.1) is 0 Å². The summed E-state index contributed by atoms with van der Waals surface area (Å²) >= 11 is 1.51. The number of aldehydes is 1. The molecule has 1 aliphatic heterocycles. The molecule has 2 aliphatic rings. The molecule has 0 amide bonds. The maximum atomic E-state index is 12.6. The van der Waals surface area contributed by atoms with Crippen LogP contribution in [-0.4, -0.2) is 54.6 Å². The maximum Gasteiger partial charge on any atom is 0.218 e. The summed E-state index contributed by atoms with van der Waals surface area (Å²) in [5.74, 6) is 0.831. The smallest absolute Gasteiger partial charge is 0.218 e. The van der Waals surface area contributed by atoms with Crippen LogP contribution in [0.4, 0.5) is 0 Å². The second-order valence-corrected chi connectivity index (χ2v) is 9.99. The number of nitrogens with one attached hydrogen (secondary N) is 2. The Hall–Kier alpha value is -2.68. The molecule has 2 aromatic rings. The highest BCUT2D eigenvalue weighted by Gasteiger charge is 2.27. The standard InChI is InChI=1S/C17H23N3O2S.C10H13NO/c1-20-8-7-16(19-12-18-10-13-4-3-9-22-13)15(11-20)17(21)23-14-5-2-6-14;12-8-4-7-11-9-10-5-2-1-3-6-10/h3-4,9,12,14H,2,5-8,10-11H2,1H3,(H,18,19);1-3,5-6,8,11H,4,7,9H2. The Bertz CT molecular complexity index is 956. The van der Waals surface area contributed by atoms with E-state index in [0.29, 0.717) is 24.8 Å². The zero-order valence-corrected chi connectivity index (χ0v) is 21.3. The molecule has 2 heterocycles. The number of likely N-dealkylation sites (N-methyl/N-ethyl adjacent to an activating group) is 1. The number of rotatable bonds is 11. The third-order valence-electron chi connectivity index (χ3n) is 5.88. The fraction of sp³-hybridized carbons (Fsp3) is 0.444. The summed E-state index contributed by atoms with van der Waals surface area (Å²) in [7, 11) is 2.06. The molecule has 1 aliphatic carbocycles.